The zero-order chi connectivity index (χ0) is 13.8. The first-order valence-electron chi connectivity index (χ1n) is 7.34. The average Bonchev–Trinajstić information content (AvgIpc) is 2.39. The molecule has 0 bridgehead atoms. The third-order valence-corrected chi connectivity index (χ3v) is 4.34. The second-order valence-electron chi connectivity index (χ2n) is 5.70. The quantitative estimate of drug-likeness (QED) is 0.904. The number of rotatable bonds is 4. The van der Waals surface area contributed by atoms with Crippen LogP contribution < -0.4 is 5.73 Å². The normalized spacial score (nSPS) is 23.8. The fourth-order valence-electron chi connectivity index (χ4n) is 3.02. The van der Waals surface area contributed by atoms with Gasteiger partial charge in [-0.15, -0.1) is 0 Å². The number of hydrogen-bond donors (Lipinski definition) is 1. The Bertz CT molecular complexity index is 411. The van der Waals surface area contributed by atoms with Gasteiger partial charge in [0.15, 0.2) is 0 Å². The molecule has 1 aliphatic carbocycles. The standard InChI is InChI=1S/C16H25FN2/c1-3-19(16-8-6-15(18)7-9-16)11-13-4-5-14(17)10-12(13)2/h4-5,10,15-16H,3,6-9,11,18H2,1-2H3. The van der Waals surface area contributed by atoms with Crippen molar-refractivity contribution < 1.29 is 4.39 Å². The largest absolute Gasteiger partial charge is 0.328 e. The Kier molecular flexibility index (Phi) is 4.94. The van der Waals surface area contributed by atoms with Crippen LogP contribution in [0.3, 0.4) is 0 Å². The van der Waals surface area contributed by atoms with Crippen molar-refractivity contribution in [2.45, 2.75) is 58.2 Å². The van der Waals surface area contributed by atoms with Crippen LogP contribution in [0.4, 0.5) is 4.39 Å². The van der Waals surface area contributed by atoms with Crippen molar-refractivity contribution in [3.63, 3.8) is 0 Å². The van der Waals surface area contributed by atoms with Gasteiger partial charge in [0.2, 0.25) is 0 Å². The molecule has 2 nitrogen and oxygen atoms in total. The fourth-order valence-corrected chi connectivity index (χ4v) is 3.02. The van der Waals surface area contributed by atoms with E-state index in [4.69, 9.17) is 5.73 Å². The Balaban J connectivity index is 2.02. The smallest absolute Gasteiger partial charge is 0.123 e. The van der Waals surface area contributed by atoms with Crippen LogP contribution in [0, 0.1) is 12.7 Å². The van der Waals surface area contributed by atoms with Crippen molar-refractivity contribution in [1.29, 1.82) is 0 Å². The van der Waals surface area contributed by atoms with Gasteiger partial charge in [0.25, 0.3) is 0 Å². The summed E-state index contributed by atoms with van der Waals surface area (Å²) in [5.41, 5.74) is 8.25. The number of halogens is 1. The zero-order valence-corrected chi connectivity index (χ0v) is 12.0. The predicted molar refractivity (Wildman–Crippen MR) is 77.5 cm³/mol. The summed E-state index contributed by atoms with van der Waals surface area (Å²) in [5, 5.41) is 0. The van der Waals surface area contributed by atoms with Crippen molar-refractivity contribution >= 4 is 0 Å². The molecule has 1 fully saturated rings. The molecular formula is C16H25FN2. The van der Waals surface area contributed by atoms with Crippen LogP contribution in [-0.4, -0.2) is 23.5 Å². The van der Waals surface area contributed by atoms with Gasteiger partial charge in [0.05, 0.1) is 0 Å². The molecule has 0 heterocycles. The first-order valence-corrected chi connectivity index (χ1v) is 7.34. The van der Waals surface area contributed by atoms with E-state index in [0.717, 1.165) is 31.5 Å². The zero-order valence-electron chi connectivity index (χ0n) is 12.0. The molecule has 0 aliphatic heterocycles. The summed E-state index contributed by atoms with van der Waals surface area (Å²) >= 11 is 0. The van der Waals surface area contributed by atoms with E-state index in [1.54, 1.807) is 12.1 Å². The van der Waals surface area contributed by atoms with Crippen LogP contribution >= 0.6 is 0 Å². The van der Waals surface area contributed by atoms with E-state index in [0.29, 0.717) is 12.1 Å². The summed E-state index contributed by atoms with van der Waals surface area (Å²) in [7, 11) is 0. The summed E-state index contributed by atoms with van der Waals surface area (Å²) in [5.74, 6) is -0.145. The fraction of sp³-hybridized carbons (Fsp3) is 0.625. The molecule has 0 unspecified atom stereocenters. The van der Waals surface area contributed by atoms with Crippen molar-refractivity contribution in [2.24, 2.45) is 5.73 Å². The molecule has 2 N–H and O–H groups in total. The molecule has 0 amide bonds. The molecule has 0 aromatic heterocycles. The minimum absolute atomic E-state index is 0.145. The third-order valence-electron chi connectivity index (χ3n) is 4.34. The van der Waals surface area contributed by atoms with E-state index in [2.05, 4.69) is 11.8 Å². The highest BCUT2D eigenvalue weighted by Crippen LogP contribution is 2.24. The van der Waals surface area contributed by atoms with Gasteiger partial charge in [-0.1, -0.05) is 13.0 Å². The summed E-state index contributed by atoms with van der Waals surface area (Å²) in [6.07, 6.45) is 4.64. The maximum atomic E-state index is 13.1. The van der Waals surface area contributed by atoms with Gasteiger partial charge in [0.1, 0.15) is 5.82 Å². The summed E-state index contributed by atoms with van der Waals surface area (Å²) in [6.45, 7) is 6.15. The van der Waals surface area contributed by atoms with Crippen LogP contribution in [0.25, 0.3) is 0 Å². The first kappa shape index (κ1) is 14.5. The molecule has 3 heteroatoms. The topological polar surface area (TPSA) is 29.3 Å². The summed E-state index contributed by atoms with van der Waals surface area (Å²) in [6, 6.07) is 6.13. The van der Waals surface area contributed by atoms with Crippen LogP contribution in [0.5, 0.6) is 0 Å². The first-order chi connectivity index (χ1) is 9.10. The Hall–Kier alpha value is -0.930. The second-order valence-corrected chi connectivity index (χ2v) is 5.70. The van der Waals surface area contributed by atoms with Gasteiger partial charge in [-0.2, -0.15) is 0 Å². The predicted octanol–water partition coefficient (Wildman–Crippen LogP) is 3.23. The highest BCUT2D eigenvalue weighted by atomic mass is 19.1. The number of hydrogen-bond acceptors (Lipinski definition) is 2. The van der Waals surface area contributed by atoms with Crippen LogP contribution in [-0.2, 0) is 6.54 Å². The summed E-state index contributed by atoms with van der Waals surface area (Å²) in [4.78, 5) is 2.51. The highest BCUT2D eigenvalue weighted by molar-refractivity contribution is 5.26. The Morgan fingerprint density at radius 1 is 1.26 bits per heavy atom. The number of nitrogens with two attached hydrogens (primary N) is 1. The van der Waals surface area contributed by atoms with E-state index in [1.165, 1.54) is 18.4 Å². The van der Waals surface area contributed by atoms with Gasteiger partial charge in [-0.05, 0) is 62.4 Å². The highest BCUT2D eigenvalue weighted by Gasteiger charge is 2.23. The van der Waals surface area contributed by atoms with Crippen LogP contribution in [0.15, 0.2) is 18.2 Å². The van der Waals surface area contributed by atoms with Gasteiger partial charge in [-0.25, -0.2) is 4.39 Å². The van der Waals surface area contributed by atoms with E-state index >= 15 is 0 Å². The molecule has 0 radical (unpaired) electrons. The number of benzene rings is 1. The molecular weight excluding hydrogens is 239 g/mol. The van der Waals surface area contributed by atoms with E-state index in [9.17, 15) is 4.39 Å². The molecule has 0 atom stereocenters. The van der Waals surface area contributed by atoms with Gasteiger partial charge < -0.3 is 5.73 Å². The Morgan fingerprint density at radius 2 is 1.95 bits per heavy atom. The van der Waals surface area contributed by atoms with Crippen molar-refractivity contribution in [3.8, 4) is 0 Å². The van der Waals surface area contributed by atoms with E-state index in [1.807, 2.05) is 13.0 Å². The molecule has 19 heavy (non-hydrogen) atoms. The molecule has 1 aromatic carbocycles. The summed E-state index contributed by atoms with van der Waals surface area (Å²) < 4.78 is 13.1. The van der Waals surface area contributed by atoms with Crippen molar-refractivity contribution in [2.75, 3.05) is 6.54 Å². The second kappa shape index (κ2) is 6.49. The molecule has 2 rings (SSSR count). The van der Waals surface area contributed by atoms with Crippen LogP contribution in [0.2, 0.25) is 0 Å². The lowest BCUT2D eigenvalue weighted by Crippen LogP contribution is -2.40. The maximum absolute atomic E-state index is 13.1. The van der Waals surface area contributed by atoms with Gasteiger partial charge in [-0.3, -0.25) is 4.90 Å². The monoisotopic (exact) mass is 264 g/mol. The third kappa shape index (κ3) is 3.77. The van der Waals surface area contributed by atoms with Crippen molar-refractivity contribution in [1.82, 2.24) is 4.90 Å². The van der Waals surface area contributed by atoms with E-state index < -0.39 is 0 Å². The number of nitrogens with zero attached hydrogens (tertiary/aromatic N) is 1. The molecule has 1 aromatic rings. The molecule has 106 valence electrons. The molecule has 0 spiro atoms. The minimum Gasteiger partial charge on any atom is -0.328 e. The lowest BCUT2D eigenvalue weighted by molar-refractivity contribution is 0.149. The van der Waals surface area contributed by atoms with Crippen molar-refractivity contribution in [3.05, 3.63) is 35.1 Å². The minimum atomic E-state index is -0.145. The number of aryl methyl sites for hydroxylation is 1. The lowest BCUT2D eigenvalue weighted by Gasteiger charge is -2.35. The van der Waals surface area contributed by atoms with Crippen LogP contribution in [0.1, 0.15) is 43.7 Å². The molecule has 1 saturated carbocycles. The lowest BCUT2D eigenvalue weighted by atomic mass is 9.90. The Morgan fingerprint density at radius 3 is 2.53 bits per heavy atom. The molecule has 0 saturated heterocycles. The van der Waals surface area contributed by atoms with Gasteiger partial charge >= 0.3 is 0 Å². The maximum Gasteiger partial charge on any atom is 0.123 e. The SMILES string of the molecule is CCN(Cc1ccc(F)cc1C)C1CCC(N)CC1. The van der Waals surface area contributed by atoms with E-state index in [-0.39, 0.29) is 5.82 Å². The molecule has 1 aliphatic rings. The Labute approximate surface area is 115 Å². The van der Waals surface area contributed by atoms with Gasteiger partial charge in [0, 0.05) is 18.6 Å². The average molecular weight is 264 g/mol.